The van der Waals surface area contributed by atoms with E-state index in [1.165, 1.54) is 54.4 Å². The maximum Gasteiger partial charge on any atom is 0.142 e. The van der Waals surface area contributed by atoms with E-state index in [0.717, 1.165) is 36.4 Å². The van der Waals surface area contributed by atoms with Crippen molar-refractivity contribution in [2.24, 2.45) is 23.7 Å². The lowest BCUT2D eigenvalue weighted by molar-refractivity contribution is -0.0420. The van der Waals surface area contributed by atoms with Crippen molar-refractivity contribution < 1.29 is 19.7 Å². The Labute approximate surface area is 213 Å². The molecule has 2 aliphatic heterocycles. The molecule has 4 bridgehead atoms. The van der Waals surface area contributed by atoms with Gasteiger partial charge in [-0.15, -0.1) is 0 Å². The molecule has 6 aliphatic rings. The third kappa shape index (κ3) is 3.60. The summed E-state index contributed by atoms with van der Waals surface area (Å²) in [4.78, 5) is 4.36. The van der Waals surface area contributed by atoms with Crippen LogP contribution in [0.4, 0.5) is 0 Å². The molecule has 0 aromatic heterocycles. The predicted octanol–water partition coefficient (Wildman–Crippen LogP) is 3.72. The predicted molar refractivity (Wildman–Crippen MR) is 137 cm³/mol. The molecule has 2 aromatic rings. The summed E-state index contributed by atoms with van der Waals surface area (Å²) < 4.78 is 12.1. The number of ether oxygens (including phenoxy) is 2. The molecule has 6 nitrogen and oxygen atoms in total. The second-order valence-electron chi connectivity index (χ2n) is 11.9. The van der Waals surface area contributed by atoms with Gasteiger partial charge in [0.05, 0.1) is 13.2 Å². The number of hydrogen-bond donors (Lipinski definition) is 2. The fourth-order valence-corrected chi connectivity index (χ4v) is 8.70. The lowest BCUT2D eigenvalue weighted by atomic mass is 9.42. The van der Waals surface area contributed by atoms with E-state index in [1.54, 1.807) is 0 Å². The summed E-state index contributed by atoms with van der Waals surface area (Å²) in [6, 6.07) is 14.0. The zero-order valence-corrected chi connectivity index (χ0v) is 21.1. The van der Waals surface area contributed by atoms with Gasteiger partial charge in [0.1, 0.15) is 25.0 Å². The van der Waals surface area contributed by atoms with Crippen molar-refractivity contribution in [1.82, 2.24) is 9.80 Å². The molecule has 8 rings (SSSR count). The van der Waals surface area contributed by atoms with Crippen molar-refractivity contribution in [2.45, 2.75) is 50.6 Å². The Morgan fingerprint density at radius 1 is 0.694 bits per heavy atom. The number of rotatable bonds is 6. The highest BCUT2D eigenvalue weighted by Gasteiger charge is 2.58. The molecule has 0 amide bonds. The quantitative estimate of drug-likeness (QED) is 0.644. The van der Waals surface area contributed by atoms with Gasteiger partial charge in [-0.2, -0.15) is 0 Å². The van der Waals surface area contributed by atoms with Gasteiger partial charge < -0.3 is 19.7 Å². The number of nitrogens with zero attached hydrogens (tertiary/aromatic N) is 2. The molecule has 2 aromatic carbocycles. The first-order valence-electron chi connectivity index (χ1n) is 13.9. The average Bonchev–Trinajstić information content (AvgIpc) is 2.88. The molecule has 2 heterocycles. The Morgan fingerprint density at radius 2 is 1.17 bits per heavy atom. The van der Waals surface area contributed by atoms with Crippen LogP contribution >= 0.6 is 0 Å². The maximum atomic E-state index is 9.48. The molecule has 192 valence electrons. The second-order valence-corrected chi connectivity index (χ2v) is 11.9. The van der Waals surface area contributed by atoms with Gasteiger partial charge in [-0.05, 0) is 91.2 Å². The Kier molecular flexibility index (Phi) is 5.77. The average molecular weight is 491 g/mol. The smallest absolute Gasteiger partial charge is 0.142 e. The number of aliphatic hydroxyl groups excluding tert-OH is 2. The van der Waals surface area contributed by atoms with Gasteiger partial charge in [-0.25, -0.2) is 0 Å². The van der Waals surface area contributed by atoms with E-state index in [0.29, 0.717) is 38.4 Å². The minimum absolute atomic E-state index is 0.0238. The number of benzene rings is 2. The zero-order valence-electron chi connectivity index (χ0n) is 21.1. The summed E-state index contributed by atoms with van der Waals surface area (Å²) in [5, 5.41) is 19.0. The van der Waals surface area contributed by atoms with Gasteiger partial charge in [-0.3, -0.25) is 9.80 Å². The highest BCUT2D eigenvalue weighted by Crippen LogP contribution is 2.65. The Bertz CT molecular complexity index is 1040. The van der Waals surface area contributed by atoms with Crippen LogP contribution in [0.15, 0.2) is 36.4 Å². The summed E-state index contributed by atoms with van der Waals surface area (Å²) in [6.07, 6.45) is 6.77. The van der Waals surface area contributed by atoms with Crippen molar-refractivity contribution in [3.05, 3.63) is 58.7 Å². The molecule has 0 radical (unpaired) electrons. The summed E-state index contributed by atoms with van der Waals surface area (Å²) in [5.74, 6) is 5.10. The molecule has 4 fully saturated rings. The Balaban J connectivity index is 1.33. The van der Waals surface area contributed by atoms with Gasteiger partial charge in [0, 0.05) is 42.7 Å². The lowest BCUT2D eigenvalue weighted by Gasteiger charge is -2.62. The van der Waals surface area contributed by atoms with Gasteiger partial charge in [0.2, 0.25) is 0 Å². The Morgan fingerprint density at radius 3 is 1.61 bits per heavy atom. The van der Waals surface area contributed by atoms with Crippen LogP contribution < -0.4 is 9.47 Å². The highest BCUT2D eigenvalue weighted by molar-refractivity contribution is 5.51. The molecule has 36 heavy (non-hydrogen) atoms. The molecule has 0 unspecified atom stereocenters. The first kappa shape index (κ1) is 23.0. The first-order chi connectivity index (χ1) is 17.7. The molecule has 4 saturated carbocycles. The molecular weight excluding hydrogens is 452 g/mol. The molecule has 2 N–H and O–H groups in total. The van der Waals surface area contributed by atoms with Crippen LogP contribution in [0.1, 0.15) is 54.4 Å². The fourth-order valence-electron chi connectivity index (χ4n) is 8.70. The van der Waals surface area contributed by atoms with Gasteiger partial charge in [-0.1, -0.05) is 12.1 Å². The highest BCUT2D eigenvalue weighted by atomic mass is 16.5. The first-order valence-corrected chi connectivity index (χ1v) is 13.9. The molecular formula is C30H38N2O4. The standard InChI is InChI=1S/C30H38N2O4/c33-7-5-31-16-22-14-24(1-3-28(22)35-18-31)30(26-10-20-9-21(12-26)13-27(30)11-20)25-2-4-29-23(15-25)17-32(6-8-34)19-36-29/h1-4,14-15,20-21,26-27,33-34H,5-13,16-19H2. The van der Waals surface area contributed by atoms with Crippen molar-refractivity contribution in [3.63, 3.8) is 0 Å². The minimum Gasteiger partial charge on any atom is -0.478 e. The zero-order chi connectivity index (χ0) is 24.3. The minimum atomic E-state index is 0.0238. The van der Waals surface area contributed by atoms with Crippen LogP contribution in [0.3, 0.4) is 0 Å². The molecule has 0 saturated heterocycles. The summed E-state index contributed by atoms with van der Waals surface area (Å²) >= 11 is 0. The van der Waals surface area contributed by atoms with Gasteiger partial charge >= 0.3 is 0 Å². The topological polar surface area (TPSA) is 65.4 Å². The number of aliphatic hydroxyl groups is 2. The van der Waals surface area contributed by atoms with E-state index in [2.05, 4.69) is 46.2 Å². The van der Waals surface area contributed by atoms with Crippen molar-refractivity contribution >= 4 is 0 Å². The van der Waals surface area contributed by atoms with Crippen molar-refractivity contribution in [1.29, 1.82) is 0 Å². The number of hydrogen-bond acceptors (Lipinski definition) is 6. The Hall–Kier alpha value is -2.12. The van der Waals surface area contributed by atoms with Crippen LogP contribution in [0.5, 0.6) is 11.5 Å². The fraction of sp³-hybridized carbons (Fsp3) is 0.600. The third-order valence-electron chi connectivity index (χ3n) is 9.93. The lowest BCUT2D eigenvalue weighted by Crippen LogP contribution is -2.56. The molecule has 4 aliphatic carbocycles. The number of β-amino-alcohol motifs (C(OH)–C–C–N with tert-alkyl or cyclic N) is 2. The van der Waals surface area contributed by atoms with Crippen LogP contribution in [0.2, 0.25) is 0 Å². The molecule has 0 atom stereocenters. The van der Waals surface area contributed by atoms with Crippen LogP contribution in [0.25, 0.3) is 0 Å². The van der Waals surface area contributed by atoms with Crippen molar-refractivity contribution in [3.8, 4) is 11.5 Å². The molecule has 6 heteroatoms. The SMILES string of the molecule is OCCN1COc2ccc(C3(c4ccc5c(c4)CN(CCO)CO5)C4CC5CC(C4)CC3C5)cc2C1. The second kappa shape index (κ2) is 9.02. The normalized spacial score (nSPS) is 30.4. The van der Waals surface area contributed by atoms with E-state index in [-0.39, 0.29) is 18.6 Å². The van der Waals surface area contributed by atoms with E-state index < -0.39 is 0 Å². The van der Waals surface area contributed by atoms with E-state index >= 15 is 0 Å². The van der Waals surface area contributed by atoms with Crippen LogP contribution in [-0.2, 0) is 18.5 Å². The van der Waals surface area contributed by atoms with Gasteiger partial charge in [0.15, 0.2) is 0 Å². The van der Waals surface area contributed by atoms with Crippen LogP contribution in [-0.4, -0.2) is 59.8 Å². The third-order valence-corrected chi connectivity index (χ3v) is 9.93. The van der Waals surface area contributed by atoms with E-state index in [1.807, 2.05) is 0 Å². The summed E-state index contributed by atoms with van der Waals surface area (Å²) in [6.45, 7) is 4.32. The van der Waals surface area contributed by atoms with Crippen LogP contribution in [0, 0.1) is 23.7 Å². The largest absolute Gasteiger partial charge is 0.478 e. The summed E-state index contributed by atoms with van der Waals surface area (Å²) in [7, 11) is 0. The maximum absolute atomic E-state index is 9.48. The summed E-state index contributed by atoms with van der Waals surface area (Å²) in [5.41, 5.74) is 5.42. The molecule has 0 spiro atoms. The monoisotopic (exact) mass is 490 g/mol. The van der Waals surface area contributed by atoms with Gasteiger partial charge in [0.25, 0.3) is 0 Å². The van der Waals surface area contributed by atoms with E-state index in [4.69, 9.17) is 9.47 Å². The van der Waals surface area contributed by atoms with E-state index in [9.17, 15) is 10.2 Å². The van der Waals surface area contributed by atoms with Crippen molar-refractivity contribution in [2.75, 3.05) is 39.8 Å². The number of fused-ring (bicyclic) bond motifs is 2.